The van der Waals surface area contributed by atoms with Crippen molar-refractivity contribution in [2.75, 3.05) is 45.1 Å². The lowest BCUT2D eigenvalue weighted by molar-refractivity contribution is 0.0235. The average molecular weight is 372 g/mol. The van der Waals surface area contributed by atoms with Crippen molar-refractivity contribution in [3.05, 3.63) is 30.3 Å². The first-order chi connectivity index (χ1) is 12.8. The molecule has 0 saturated carbocycles. The van der Waals surface area contributed by atoms with Crippen molar-refractivity contribution in [1.82, 2.24) is 19.2 Å². The van der Waals surface area contributed by atoms with Gasteiger partial charge in [0.2, 0.25) is 5.13 Å². The Labute approximate surface area is 160 Å². The van der Waals surface area contributed by atoms with Gasteiger partial charge < -0.3 is 10.2 Å². The Morgan fingerprint density at radius 1 is 1.04 bits per heavy atom. The summed E-state index contributed by atoms with van der Waals surface area (Å²) in [7, 11) is 2.24. The van der Waals surface area contributed by atoms with Crippen LogP contribution in [0, 0.1) is 0 Å². The number of hydrogen-bond donors (Lipinski definition) is 1. The first kappa shape index (κ1) is 17.9. The maximum Gasteiger partial charge on any atom is 0.202 e. The van der Waals surface area contributed by atoms with E-state index in [2.05, 4.69) is 38.7 Å². The van der Waals surface area contributed by atoms with Gasteiger partial charge in [-0.05, 0) is 58.9 Å². The number of hydrogen-bond acceptors (Lipinski definition) is 6. The number of nitrogens with zero attached hydrogens (tertiary/aromatic N) is 4. The highest BCUT2D eigenvalue weighted by Crippen LogP contribution is 2.32. The highest BCUT2D eigenvalue weighted by atomic mass is 32.1. The second-order valence-electron chi connectivity index (χ2n) is 7.72. The van der Waals surface area contributed by atoms with Crippen LogP contribution in [0.15, 0.2) is 30.3 Å². The summed E-state index contributed by atoms with van der Waals surface area (Å²) in [4.78, 5) is 9.94. The molecule has 1 aromatic heterocycles. The number of benzene rings is 1. The third-order valence-corrected chi connectivity index (χ3v) is 6.64. The summed E-state index contributed by atoms with van der Waals surface area (Å²) in [6.45, 7) is 5.84. The zero-order valence-electron chi connectivity index (χ0n) is 15.7. The quantitative estimate of drug-likeness (QED) is 0.870. The number of nitrogens with one attached hydrogen (secondary N) is 1. The largest absolute Gasteiger partial charge is 0.358 e. The van der Waals surface area contributed by atoms with Gasteiger partial charge in [-0.3, -0.25) is 4.90 Å². The van der Waals surface area contributed by atoms with Gasteiger partial charge in [0.15, 0.2) is 5.82 Å². The lowest BCUT2D eigenvalue weighted by atomic mass is 9.84. The minimum absolute atomic E-state index is 0.269. The van der Waals surface area contributed by atoms with Crippen LogP contribution in [-0.2, 0) is 0 Å². The summed E-state index contributed by atoms with van der Waals surface area (Å²) in [5.41, 5.74) is 1.35. The van der Waals surface area contributed by atoms with Crippen LogP contribution in [0.4, 0.5) is 5.13 Å². The normalized spacial score (nSPS) is 21.6. The SMILES string of the molecule is CN1CCC(CNc2nc(-c3ccccc3)ns2)(N2CCCCC2)CC1. The molecule has 0 aliphatic carbocycles. The van der Waals surface area contributed by atoms with Crippen molar-refractivity contribution in [1.29, 1.82) is 0 Å². The molecule has 2 aliphatic heterocycles. The van der Waals surface area contributed by atoms with Crippen LogP contribution in [0.1, 0.15) is 32.1 Å². The van der Waals surface area contributed by atoms with Gasteiger partial charge in [0.25, 0.3) is 0 Å². The van der Waals surface area contributed by atoms with Crippen LogP contribution in [-0.4, -0.2) is 64.5 Å². The van der Waals surface area contributed by atoms with Gasteiger partial charge in [-0.1, -0.05) is 36.8 Å². The molecule has 2 aliphatic rings. The highest BCUT2D eigenvalue weighted by Gasteiger charge is 2.39. The molecular weight excluding hydrogens is 342 g/mol. The van der Waals surface area contributed by atoms with Crippen molar-refractivity contribution in [3.63, 3.8) is 0 Å². The molecule has 0 radical (unpaired) electrons. The fraction of sp³-hybridized carbons (Fsp3) is 0.600. The van der Waals surface area contributed by atoms with Gasteiger partial charge in [0.05, 0.1) is 0 Å². The minimum atomic E-state index is 0.269. The Balaban J connectivity index is 1.46. The zero-order chi connectivity index (χ0) is 17.8. The first-order valence-electron chi connectivity index (χ1n) is 9.82. The fourth-order valence-corrected chi connectivity index (χ4v) is 4.83. The number of aromatic nitrogens is 2. The lowest BCUT2D eigenvalue weighted by Crippen LogP contribution is -2.59. The smallest absolute Gasteiger partial charge is 0.202 e. The molecule has 4 rings (SSSR count). The molecule has 6 heteroatoms. The monoisotopic (exact) mass is 371 g/mol. The topological polar surface area (TPSA) is 44.3 Å². The molecule has 26 heavy (non-hydrogen) atoms. The van der Waals surface area contributed by atoms with Crippen LogP contribution >= 0.6 is 11.5 Å². The molecule has 1 aromatic carbocycles. The predicted octanol–water partition coefficient (Wildman–Crippen LogP) is 3.57. The van der Waals surface area contributed by atoms with Gasteiger partial charge in [0.1, 0.15) is 0 Å². The van der Waals surface area contributed by atoms with Crippen molar-refractivity contribution in [2.45, 2.75) is 37.6 Å². The average Bonchev–Trinajstić information content (AvgIpc) is 3.18. The standard InChI is InChI=1S/C20H29N5S/c1-24-14-10-20(11-15-24,25-12-6-3-7-13-25)16-21-19-22-18(23-26-19)17-8-4-2-5-9-17/h2,4-5,8-9H,3,6-7,10-16H2,1H3,(H,21,22,23). The van der Waals surface area contributed by atoms with Gasteiger partial charge >= 0.3 is 0 Å². The molecule has 2 saturated heterocycles. The van der Waals surface area contributed by atoms with Crippen LogP contribution < -0.4 is 5.32 Å². The molecular formula is C20H29N5S. The van der Waals surface area contributed by atoms with Gasteiger partial charge in [-0.15, -0.1) is 0 Å². The Kier molecular flexibility index (Phi) is 5.52. The summed E-state index contributed by atoms with van der Waals surface area (Å²) in [5.74, 6) is 0.827. The highest BCUT2D eigenvalue weighted by molar-refractivity contribution is 7.09. The third kappa shape index (κ3) is 3.92. The Hall–Kier alpha value is -1.50. The molecule has 1 N–H and O–H groups in total. The van der Waals surface area contributed by atoms with Gasteiger partial charge in [-0.25, -0.2) is 0 Å². The molecule has 5 nitrogen and oxygen atoms in total. The second-order valence-corrected chi connectivity index (χ2v) is 8.47. The summed E-state index contributed by atoms with van der Waals surface area (Å²) in [5, 5.41) is 4.59. The molecule has 2 fully saturated rings. The van der Waals surface area contributed by atoms with E-state index in [1.165, 1.54) is 69.8 Å². The van der Waals surface area contributed by atoms with Crippen LogP contribution in [0.25, 0.3) is 11.4 Å². The number of rotatable bonds is 5. The minimum Gasteiger partial charge on any atom is -0.358 e. The molecule has 140 valence electrons. The van der Waals surface area contributed by atoms with Crippen molar-refractivity contribution in [3.8, 4) is 11.4 Å². The van der Waals surface area contributed by atoms with Crippen molar-refractivity contribution < 1.29 is 0 Å². The molecule has 0 unspecified atom stereocenters. The number of likely N-dealkylation sites (tertiary alicyclic amines) is 2. The van der Waals surface area contributed by atoms with Gasteiger partial charge in [-0.2, -0.15) is 9.36 Å². The molecule has 3 heterocycles. The fourth-order valence-electron chi connectivity index (χ4n) is 4.25. The predicted molar refractivity (Wildman–Crippen MR) is 109 cm³/mol. The third-order valence-electron chi connectivity index (χ3n) is 5.97. The Morgan fingerprint density at radius 3 is 2.50 bits per heavy atom. The van der Waals surface area contributed by atoms with E-state index in [0.29, 0.717) is 0 Å². The van der Waals surface area contributed by atoms with E-state index < -0.39 is 0 Å². The molecule has 0 amide bonds. The van der Waals surface area contributed by atoms with E-state index in [1.54, 1.807) is 0 Å². The Bertz CT molecular complexity index is 687. The zero-order valence-corrected chi connectivity index (χ0v) is 16.5. The van der Waals surface area contributed by atoms with E-state index >= 15 is 0 Å². The van der Waals surface area contributed by atoms with Crippen LogP contribution in [0.3, 0.4) is 0 Å². The van der Waals surface area contributed by atoms with Crippen LogP contribution in [0.5, 0.6) is 0 Å². The van der Waals surface area contributed by atoms with E-state index in [9.17, 15) is 0 Å². The van der Waals surface area contributed by atoms with E-state index in [1.807, 2.05) is 18.2 Å². The van der Waals surface area contributed by atoms with E-state index in [4.69, 9.17) is 4.98 Å². The van der Waals surface area contributed by atoms with E-state index in [-0.39, 0.29) is 5.54 Å². The number of anilines is 1. The summed E-state index contributed by atoms with van der Waals surface area (Å²) in [6, 6.07) is 10.2. The summed E-state index contributed by atoms with van der Waals surface area (Å²) in [6.07, 6.45) is 6.54. The summed E-state index contributed by atoms with van der Waals surface area (Å²) >= 11 is 1.48. The van der Waals surface area contributed by atoms with Gasteiger partial charge in [0, 0.05) is 29.2 Å². The van der Waals surface area contributed by atoms with Crippen molar-refractivity contribution >= 4 is 16.7 Å². The van der Waals surface area contributed by atoms with Crippen LogP contribution in [0.2, 0.25) is 0 Å². The Morgan fingerprint density at radius 2 is 1.77 bits per heavy atom. The molecule has 0 atom stereocenters. The molecule has 0 bridgehead atoms. The summed E-state index contributed by atoms with van der Waals surface area (Å²) < 4.78 is 4.54. The molecule has 0 spiro atoms. The second kappa shape index (κ2) is 8.03. The first-order valence-corrected chi connectivity index (χ1v) is 10.6. The lowest BCUT2D eigenvalue weighted by Gasteiger charge is -2.50. The number of piperidine rings is 2. The van der Waals surface area contributed by atoms with E-state index in [0.717, 1.165) is 23.1 Å². The van der Waals surface area contributed by atoms with Crippen molar-refractivity contribution in [2.24, 2.45) is 0 Å². The molecule has 2 aromatic rings. The maximum atomic E-state index is 4.72. The maximum absolute atomic E-state index is 4.72.